The van der Waals surface area contributed by atoms with Crippen LogP contribution in [0, 0.1) is 0 Å². The Balaban J connectivity index is 0. The number of unbranched alkanes of at least 4 members (excludes halogenated alkanes) is 15. The molecule has 0 aliphatic heterocycles. The topological polar surface area (TPSA) is 26.0 Å². The van der Waals surface area contributed by atoms with Gasteiger partial charge in [0.1, 0.15) is 0 Å². The summed E-state index contributed by atoms with van der Waals surface area (Å²) in [5.74, 6) is 0. The van der Waals surface area contributed by atoms with Gasteiger partial charge < -0.3 is 5.73 Å². The lowest BCUT2D eigenvalue weighted by Crippen LogP contribution is -1.97. The number of hydrogen-bond acceptors (Lipinski definition) is 1. The van der Waals surface area contributed by atoms with Crippen LogP contribution in [0.1, 0.15) is 109 Å². The summed E-state index contributed by atoms with van der Waals surface area (Å²) in [5, 5.41) is 0. The van der Waals surface area contributed by atoms with E-state index in [0.29, 0.717) is 0 Å². The van der Waals surface area contributed by atoms with Crippen LogP contribution >= 0.6 is 12.4 Å². The molecule has 0 saturated carbocycles. The Kier molecular flexibility index (Phi) is 27.0. The van der Waals surface area contributed by atoms with Gasteiger partial charge >= 0.3 is 0 Å². The lowest BCUT2D eigenvalue weighted by atomic mass is 10.1. The average molecular weight is 358 g/mol. The second kappa shape index (κ2) is 25.0. The van der Waals surface area contributed by atoms with E-state index in [-0.39, 0.29) is 12.4 Å². The highest BCUT2D eigenvalue weighted by atomic mass is 35.5. The van der Waals surface area contributed by atoms with E-state index in [0.717, 1.165) is 6.54 Å². The molecule has 0 atom stereocenters. The van der Waals surface area contributed by atoms with E-state index in [2.05, 4.69) is 18.7 Å². The molecule has 24 heavy (non-hydrogen) atoms. The molecule has 0 rings (SSSR count). The highest BCUT2D eigenvalue weighted by Gasteiger charge is 1.92. The first-order valence-corrected chi connectivity index (χ1v) is 10.4. The van der Waals surface area contributed by atoms with Crippen molar-refractivity contribution in [1.29, 1.82) is 0 Å². The van der Waals surface area contributed by atoms with Crippen molar-refractivity contribution in [3.63, 3.8) is 0 Å². The van der Waals surface area contributed by atoms with Gasteiger partial charge in [-0.15, -0.1) is 19.0 Å². The Morgan fingerprint density at radius 2 is 0.833 bits per heavy atom. The molecule has 0 aromatic heterocycles. The van der Waals surface area contributed by atoms with E-state index in [1.165, 1.54) is 109 Å². The molecule has 0 aromatic rings. The van der Waals surface area contributed by atoms with Gasteiger partial charge in [0, 0.05) is 0 Å². The van der Waals surface area contributed by atoms with E-state index < -0.39 is 0 Å². The first-order valence-electron chi connectivity index (χ1n) is 10.4. The molecular weight excluding hydrogens is 314 g/mol. The van der Waals surface area contributed by atoms with E-state index in [9.17, 15) is 0 Å². The average Bonchev–Trinajstić information content (AvgIpc) is 2.57. The highest BCUT2D eigenvalue weighted by Crippen LogP contribution is 2.11. The van der Waals surface area contributed by atoms with Gasteiger partial charge in [-0.2, -0.15) is 0 Å². The summed E-state index contributed by atoms with van der Waals surface area (Å²) in [6, 6.07) is 0. The third kappa shape index (κ3) is 24.0. The minimum atomic E-state index is 0. The molecule has 2 N–H and O–H groups in total. The van der Waals surface area contributed by atoms with Gasteiger partial charge in [0.25, 0.3) is 0 Å². The van der Waals surface area contributed by atoms with Gasteiger partial charge in [0.2, 0.25) is 0 Å². The quantitative estimate of drug-likeness (QED) is 0.185. The molecule has 0 spiro atoms. The van der Waals surface area contributed by atoms with Crippen LogP contribution in [0.5, 0.6) is 0 Å². The Bertz CT molecular complexity index is 250. The van der Waals surface area contributed by atoms with Crippen LogP contribution in [0.15, 0.2) is 24.8 Å². The maximum Gasteiger partial charge on any atom is -0.00773 e. The molecule has 0 saturated heterocycles. The summed E-state index contributed by atoms with van der Waals surface area (Å²) in [5.41, 5.74) is 5.49. The zero-order valence-corrected chi connectivity index (χ0v) is 17.0. The van der Waals surface area contributed by atoms with Gasteiger partial charge in [-0.25, -0.2) is 0 Å². The zero-order valence-electron chi connectivity index (χ0n) is 16.2. The maximum atomic E-state index is 5.49. The number of nitrogens with two attached hydrogens (primary N) is 1. The molecule has 0 radical (unpaired) electrons. The summed E-state index contributed by atoms with van der Waals surface area (Å²) >= 11 is 0. The van der Waals surface area contributed by atoms with Gasteiger partial charge in [-0.05, 0) is 51.5 Å². The monoisotopic (exact) mass is 357 g/mol. The van der Waals surface area contributed by atoms with Crippen LogP contribution in [0.4, 0.5) is 0 Å². The van der Waals surface area contributed by atoms with Gasteiger partial charge in [0.05, 0.1) is 0 Å². The van der Waals surface area contributed by atoms with Crippen LogP contribution in [-0.4, -0.2) is 6.54 Å². The zero-order chi connectivity index (χ0) is 16.8. The van der Waals surface area contributed by atoms with Crippen LogP contribution in [-0.2, 0) is 0 Å². The Morgan fingerprint density at radius 1 is 0.500 bits per heavy atom. The second-order valence-corrected chi connectivity index (χ2v) is 6.86. The van der Waals surface area contributed by atoms with Crippen molar-refractivity contribution in [3.8, 4) is 0 Å². The fraction of sp³-hybridized carbons (Fsp3) is 0.818. The number of halogens is 1. The first kappa shape index (κ1) is 26.0. The van der Waals surface area contributed by atoms with Crippen molar-refractivity contribution >= 4 is 12.4 Å². The molecule has 0 bridgehead atoms. The largest absolute Gasteiger partial charge is 0.330 e. The number of rotatable bonds is 19. The molecule has 0 aliphatic rings. The third-order valence-corrected chi connectivity index (χ3v) is 4.52. The number of allylic oxidation sites excluding steroid dienone is 3. The van der Waals surface area contributed by atoms with E-state index >= 15 is 0 Å². The van der Waals surface area contributed by atoms with Crippen LogP contribution in [0.25, 0.3) is 0 Å². The van der Waals surface area contributed by atoms with Crippen molar-refractivity contribution in [3.05, 3.63) is 24.8 Å². The predicted octanol–water partition coefficient (Wildman–Crippen LogP) is 7.74. The Hall–Kier alpha value is -0.270. The summed E-state index contributed by atoms with van der Waals surface area (Å²) in [6.45, 7) is 4.63. The van der Waals surface area contributed by atoms with Crippen LogP contribution in [0.3, 0.4) is 0 Å². The molecule has 1 nitrogen and oxygen atoms in total. The summed E-state index contributed by atoms with van der Waals surface area (Å²) in [4.78, 5) is 0. The first-order chi connectivity index (χ1) is 11.4. The smallest absolute Gasteiger partial charge is 0.00773 e. The standard InChI is InChI=1S/C22H43N.ClH/c1-2-3-4-5-6-7-8-9-10-11-12-13-14-15-16-17-18-19-20-21-22-23;/h2,12-13H,1,3-11,14-23H2;1H/b13-12-;. The highest BCUT2D eigenvalue weighted by molar-refractivity contribution is 5.85. The number of hydrogen-bond donors (Lipinski definition) is 1. The fourth-order valence-electron chi connectivity index (χ4n) is 2.96. The van der Waals surface area contributed by atoms with Crippen molar-refractivity contribution < 1.29 is 0 Å². The molecule has 144 valence electrons. The van der Waals surface area contributed by atoms with Crippen molar-refractivity contribution in [1.82, 2.24) is 0 Å². The van der Waals surface area contributed by atoms with Crippen molar-refractivity contribution in [2.24, 2.45) is 5.73 Å². The van der Waals surface area contributed by atoms with E-state index in [1.54, 1.807) is 0 Å². The molecule has 0 unspecified atom stereocenters. The SMILES string of the molecule is C=CCCCCCCCCC/C=C\CCCCCCCCCN.Cl. The Labute approximate surface area is 159 Å². The molecule has 0 amide bonds. The van der Waals surface area contributed by atoms with Crippen molar-refractivity contribution in [2.75, 3.05) is 6.54 Å². The molecule has 0 aliphatic carbocycles. The molecular formula is C22H44ClN. The molecule has 0 aromatic carbocycles. The Morgan fingerprint density at radius 3 is 1.21 bits per heavy atom. The lowest BCUT2D eigenvalue weighted by molar-refractivity contribution is 0.581. The minimum absolute atomic E-state index is 0. The summed E-state index contributed by atoms with van der Waals surface area (Å²) < 4.78 is 0. The normalized spacial score (nSPS) is 10.9. The van der Waals surface area contributed by atoms with Crippen molar-refractivity contribution in [2.45, 2.75) is 109 Å². The molecule has 0 fully saturated rings. The second-order valence-electron chi connectivity index (χ2n) is 6.86. The third-order valence-electron chi connectivity index (χ3n) is 4.52. The summed E-state index contributed by atoms with van der Waals surface area (Å²) in [7, 11) is 0. The van der Waals surface area contributed by atoms with E-state index in [4.69, 9.17) is 5.73 Å². The maximum absolute atomic E-state index is 5.49. The van der Waals surface area contributed by atoms with Gasteiger partial charge in [-0.1, -0.05) is 82.4 Å². The van der Waals surface area contributed by atoms with Gasteiger partial charge in [-0.3, -0.25) is 0 Å². The molecule has 0 heterocycles. The summed E-state index contributed by atoms with van der Waals surface area (Å²) in [6.07, 6.45) is 29.9. The van der Waals surface area contributed by atoms with Crippen LogP contribution < -0.4 is 5.73 Å². The fourth-order valence-corrected chi connectivity index (χ4v) is 2.96. The minimum Gasteiger partial charge on any atom is -0.330 e. The molecule has 2 heteroatoms. The predicted molar refractivity (Wildman–Crippen MR) is 114 cm³/mol. The van der Waals surface area contributed by atoms with Gasteiger partial charge in [0.15, 0.2) is 0 Å². The lowest BCUT2D eigenvalue weighted by Gasteiger charge is -2.00. The van der Waals surface area contributed by atoms with Crippen LogP contribution in [0.2, 0.25) is 0 Å². The van der Waals surface area contributed by atoms with E-state index in [1.807, 2.05) is 6.08 Å².